The molecule has 2 rings (SSSR count). The molecule has 0 amide bonds. The molecule has 0 bridgehead atoms. The molecule has 2 aromatic rings. The van der Waals surface area contributed by atoms with Crippen molar-refractivity contribution in [3.8, 4) is 0 Å². The number of halogens is 1. The van der Waals surface area contributed by atoms with Crippen LogP contribution in [0.2, 0.25) is 0 Å². The van der Waals surface area contributed by atoms with E-state index < -0.39 is 0 Å². The molecular weight excluding hydrogens is 296 g/mol. The van der Waals surface area contributed by atoms with Gasteiger partial charge in [-0.05, 0) is 31.9 Å². The van der Waals surface area contributed by atoms with Gasteiger partial charge in [0.15, 0.2) is 0 Å². The monoisotopic (exact) mass is 322 g/mol. The molecule has 2 N–H and O–H groups in total. The second kappa shape index (κ2) is 9.62. The van der Waals surface area contributed by atoms with Crippen molar-refractivity contribution in [3.05, 3.63) is 53.9 Å². The van der Waals surface area contributed by atoms with E-state index in [1.807, 2.05) is 6.20 Å². The first-order valence-corrected chi connectivity index (χ1v) is 7.69. The summed E-state index contributed by atoms with van der Waals surface area (Å²) in [6.07, 6.45) is 2.93. The Balaban J connectivity index is 0.00000242. The van der Waals surface area contributed by atoms with Gasteiger partial charge in [0.2, 0.25) is 0 Å². The molecule has 0 saturated carbocycles. The van der Waals surface area contributed by atoms with Crippen LogP contribution in [-0.4, -0.2) is 34.3 Å². The Morgan fingerprint density at radius 1 is 1.14 bits per heavy atom. The van der Waals surface area contributed by atoms with Crippen molar-refractivity contribution in [2.75, 3.05) is 19.6 Å². The van der Waals surface area contributed by atoms with Crippen LogP contribution in [-0.2, 0) is 13.0 Å². The molecule has 122 valence electrons. The average molecular weight is 323 g/mol. The predicted octanol–water partition coefficient (Wildman–Crippen LogP) is 2.89. The number of hydrogen-bond acceptors (Lipinski definition) is 3. The fraction of sp³-hybridized carbons (Fsp3) is 0.471. The molecule has 0 spiro atoms. The fourth-order valence-electron chi connectivity index (χ4n) is 2.55. The van der Waals surface area contributed by atoms with Gasteiger partial charge >= 0.3 is 0 Å². The van der Waals surface area contributed by atoms with Gasteiger partial charge in [-0.2, -0.15) is 5.10 Å². The van der Waals surface area contributed by atoms with Gasteiger partial charge in [0.05, 0.1) is 5.69 Å². The van der Waals surface area contributed by atoms with Gasteiger partial charge in [-0.25, -0.2) is 0 Å². The lowest BCUT2D eigenvalue weighted by atomic mass is 10.1. The number of hydrogen-bond donors (Lipinski definition) is 1. The van der Waals surface area contributed by atoms with E-state index in [1.165, 1.54) is 11.3 Å². The van der Waals surface area contributed by atoms with Crippen molar-refractivity contribution in [3.63, 3.8) is 0 Å². The zero-order valence-electron chi connectivity index (χ0n) is 13.5. The summed E-state index contributed by atoms with van der Waals surface area (Å²) in [6, 6.07) is 13.1. The average Bonchev–Trinajstić information content (AvgIpc) is 2.94. The minimum absolute atomic E-state index is 0. The first-order valence-electron chi connectivity index (χ1n) is 7.69. The lowest BCUT2D eigenvalue weighted by molar-refractivity contribution is 0.265. The summed E-state index contributed by atoms with van der Waals surface area (Å²) < 4.78 is 2.09. The largest absolute Gasteiger partial charge is 0.329 e. The highest BCUT2D eigenvalue weighted by molar-refractivity contribution is 5.85. The standard InChI is InChI=1S/C17H26N4.ClH/c1-15(2)21-17(8-11-19-21)14-20(13-10-18)12-9-16-6-4-3-5-7-16;/h3-8,11,15H,9-10,12-14,18H2,1-2H3;1H. The van der Waals surface area contributed by atoms with E-state index in [2.05, 4.69) is 64.9 Å². The van der Waals surface area contributed by atoms with E-state index in [4.69, 9.17) is 5.73 Å². The SMILES string of the molecule is CC(C)n1nccc1CN(CCN)CCc1ccccc1.Cl. The van der Waals surface area contributed by atoms with Crippen molar-refractivity contribution < 1.29 is 0 Å². The molecule has 0 aliphatic carbocycles. The molecule has 0 unspecified atom stereocenters. The highest BCUT2D eigenvalue weighted by atomic mass is 35.5. The van der Waals surface area contributed by atoms with Gasteiger partial charge in [0.25, 0.3) is 0 Å². The third kappa shape index (κ3) is 5.44. The van der Waals surface area contributed by atoms with Gasteiger partial charge in [-0.3, -0.25) is 9.58 Å². The van der Waals surface area contributed by atoms with E-state index in [9.17, 15) is 0 Å². The third-order valence-electron chi connectivity index (χ3n) is 3.63. The molecule has 0 radical (unpaired) electrons. The molecule has 0 atom stereocenters. The van der Waals surface area contributed by atoms with Crippen LogP contribution in [0.1, 0.15) is 31.1 Å². The maximum atomic E-state index is 5.76. The van der Waals surface area contributed by atoms with Crippen molar-refractivity contribution in [2.24, 2.45) is 5.73 Å². The third-order valence-corrected chi connectivity index (χ3v) is 3.63. The Kier molecular flexibility index (Phi) is 8.17. The summed E-state index contributed by atoms with van der Waals surface area (Å²) >= 11 is 0. The van der Waals surface area contributed by atoms with Crippen LogP contribution >= 0.6 is 12.4 Å². The van der Waals surface area contributed by atoms with Gasteiger partial charge in [-0.1, -0.05) is 30.3 Å². The number of nitrogens with two attached hydrogens (primary N) is 1. The molecule has 4 nitrogen and oxygen atoms in total. The summed E-state index contributed by atoms with van der Waals surface area (Å²) in [7, 11) is 0. The number of nitrogens with zero attached hydrogens (tertiary/aromatic N) is 3. The summed E-state index contributed by atoms with van der Waals surface area (Å²) in [4.78, 5) is 2.41. The molecule has 0 aliphatic rings. The lowest BCUT2D eigenvalue weighted by Crippen LogP contribution is -2.32. The number of rotatable bonds is 8. The zero-order chi connectivity index (χ0) is 15.1. The summed E-state index contributed by atoms with van der Waals surface area (Å²) in [6.45, 7) is 7.84. The molecule has 0 fully saturated rings. The highest BCUT2D eigenvalue weighted by Crippen LogP contribution is 2.11. The van der Waals surface area contributed by atoms with Crippen molar-refractivity contribution in [2.45, 2.75) is 32.9 Å². The van der Waals surface area contributed by atoms with Gasteiger partial charge in [0, 0.05) is 38.4 Å². The first-order chi connectivity index (χ1) is 10.2. The van der Waals surface area contributed by atoms with Crippen LogP contribution in [0.4, 0.5) is 0 Å². The zero-order valence-corrected chi connectivity index (χ0v) is 14.3. The van der Waals surface area contributed by atoms with E-state index >= 15 is 0 Å². The summed E-state index contributed by atoms with van der Waals surface area (Å²) in [5.41, 5.74) is 8.39. The minimum Gasteiger partial charge on any atom is -0.329 e. The normalized spacial score (nSPS) is 11.0. The Bertz CT molecular complexity index is 524. The Labute approximate surface area is 139 Å². The van der Waals surface area contributed by atoms with E-state index in [0.717, 1.165) is 26.1 Å². The summed E-state index contributed by atoms with van der Waals surface area (Å²) in [5.74, 6) is 0. The van der Waals surface area contributed by atoms with Crippen LogP contribution in [0, 0.1) is 0 Å². The van der Waals surface area contributed by atoms with E-state index in [1.54, 1.807) is 0 Å². The van der Waals surface area contributed by atoms with Gasteiger partial charge in [-0.15, -0.1) is 12.4 Å². The summed E-state index contributed by atoms with van der Waals surface area (Å²) in [5, 5.41) is 4.41. The quantitative estimate of drug-likeness (QED) is 0.813. The molecule has 0 aliphatic heterocycles. The second-order valence-electron chi connectivity index (χ2n) is 5.66. The second-order valence-corrected chi connectivity index (χ2v) is 5.66. The molecule has 1 aromatic carbocycles. The van der Waals surface area contributed by atoms with Crippen LogP contribution in [0.15, 0.2) is 42.6 Å². The minimum atomic E-state index is 0. The Hall–Kier alpha value is -1.36. The maximum absolute atomic E-state index is 5.76. The van der Waals surface area contributed by atoms with Crippen LogP contribution < -0.4 is 5.73 Å². The van der Waals surface area contributed by atoms with E-state index in [0.29, 0.717) is 12.6 Å². The smallest absolute Gasteiger partial charge is 0.0527 e. The maximum Gasteiger partial charge on any atom is 0.0527 e. The fourth-order valence-corrected chi connectivity index (χ4v) is 2.55. The Morgan fingerprint density at radius 3 is 2.50 bits per heavy atom. The highest BCUT2D eigenvalue weighted by Gasteiger charge is 2.11. The van der Waals surface area contributed by atoms with Gasteiger partial charge in [0.1, 0.15) is 0 Å². The van der Waals surface area contributed by atoms with E-state index in [-0.39, 0.29) is 12.4 Å². The van der Waals surface area contributed by atoms with Crippen LogP contribution in [0.25, 0.3) is 0 Å². The molecule has 5 heteroatoms. The first kappa shape index (κ1) is 18.7. The topological polar surface area (TPSA) is 47.1 Å². The number of aromatic nitrogens is 2. The predicted molar refractivity (Wildman–Crippen MR) is 94.3 cm³/mol. The molecule has 22 heavy (non-hydrogen) atoms. The molecule has 0 saturated heterocycles. The Morgan fingerprint density at radius 2 is 1.86 bits per heavy atom. The van der Waals surface area contributed by atoms with Crippen LogP contribution in [0.5, 0.6) is 0 Å². The van der Waals surface area contributed by atoms with Crippen molar-refractivity contribution >= 4 is 12.4 Å². The lowest BCUT2D eigenvalue weighted by Gasteiger charge is -2.23. The van der Waals surface area contributed by atoms with Gasteiger partial charge < -0.3 is 5.73 Å². The molecule has 1 aromatic heterocycles. The molecule has 1 heterocycles. The number of benzene rings is 1. The molecular formula is C17H27ClN4. The van der Waals surface area contributed by atoms with Crippen molar-refractivity contribution in [1.82, 2.24) is 14.7 Å². The van der Waals surface area contributed by atoms with Crippen LogP contribution in [0.3, 0.4) is 0 Å². The van der Waals surface area contributed by atoms with Crippen molar-refractivity contribution in [1.29, 1.82) is 0 Å².